The van der Waals surface area contributed by atoms with Gasteiger partial charge in [0.2, 0.25) is 5.95 Å². The highest BCUT2D eigenvalue weighted by Gasteiger charge is 2.37. The molecule has 0 atom stereocenters. The van der Waals surface area contributed by atoms with Crippen LogP contribution in [-0.4, -0.2) is 24.2 Å². The van der Waals surface area contributed by atoms with Gasteiger partial charge in [0, 0.05) is 17.0 Å². The number of benzene rings is 2. The van der Waals surface area contributed by atoms with Crippen LogP contribution in [-0.2, 0) is 12.4 Å². The first-order valence-electron chi connectivity index (χ1n) is 7.93. The van der Waals surface area contributed by atoms with Gasteiger partial charge in [-0.05, 0) is 24.3 Å². The van der Waals surface area contributed by atoms with E-state index in [4.69, 9.17) is 15.2 Å². The Morgan fingerprint density at radius 1 is 0.759 bits per heavy atom. The minimum absolute atomic E-state index is 0.0415. The summed E-state index contributed by atoms with van der Waals surface area (Å²) in [4.78, 5) is 7.86. The van der Waals surface area contributed by atoms with E-state index >= 15 is 0 Å². The van der Waals surface area contributed by atoms with Gasteiger partial charge < -0.3 is 15.2 Å². The molecule has 154 valence electrons. The lowest BCUT2D eigenvalue weighted by Gasteiger charge is -2.16. The fraction of sp³-hybridized carbons (Fsp3) is 0.222. The molecule has 11 heteroatoms. The number of ether oxygens (including phenoxy) is 2. The Labute approximate surface area is 160 Å². The molecule has 0 aliphatic carbocycles. The van der Waals surface area contributed by atoms with Gasteiger partial charge in [0.1, 0.15) is 0 Å². The van der Waals surface area contributed by atoms with E-state index in [9.17, 15) is 26.3 Å². The zero-order valence-electron chi connectivity index (χ0n) is 14.9. The molecular weight excluding hydrogens is 404 g/mol. The number of nitrogens with zero attached hydrogens (tertiary/aromatic N) is 2. The van der Waals surface area contributed by atoms with Crippen molar-refractivity contribution < 1.29 is 35.8 Å². The minimum Gasteiger partial charge on any atom is -0.493 e. The highest BCUT2D eigenvalue weighted by molar-refractivity contribution is 5.95. The van der Waals surface area contributed by atoms with Gasteiger partial charge in [0.05, 0.1) is 36.6 Å². The summed E-state index contributed by atoms with van der Waals surface area (Å²) < 4.78 is 89.5. The van der Waals surface area contributed by atoms with Crippen molar-refractivity contribution in [2.24, 2.45) is 0 Å². The van der Waals surface area contributed by atoms with Gasteiger partial charge in [-0.25, -0.2) is 9.97 Å². The number of alkyl halides is 6. The van der Waals surface area contributed by atoms with Gasteiger partial charge >= 0.3 is 12.4 Å². The summed E-state index contributed by atoms with van der Waals surface area (Å²) in [6, 6.07) is 3.95. The van der Waals surface area contributed by atoms with E-state index < -0.39 is 29.0 Å². The zero-order valence-corrected chi connectivity index (χ0v) is 14.9. The number of methoxy groups -OCH3 is 2. The molecule has 3 rings (SSSR count). The lowest BCUT2D eigenvalue weighted by atomic mass is 9.99. The third-order valence-corrected chi connectivity index (χ3v) is 4.08. The Morgan fingerprint density at radius 3 is 1.76 bits per heavy atom. The summed E-state index contributed by atoms with van der Waals surface area (Å²) in [6.45, 7) is 0. The molecule has 0 unspecified atom stereocenters. The molecule has 0 radical (unpaired) electrons. The first-order valence-corrected chi connectivity index (χ1v) is 7.93. The molecule has 29 heavy (non-hydrogen) atoms. The molecule has 2 aromatic carbocycles. The molecular formula is C18H13F6N3O2. The number of rotatable bonds is 3. The average molecular weight is 417 g/mol. The lowest BCUT2D eigenvalue weighted by Crippen LogP contribution is -2.11. The molecule has 0 aliphatic heterocycles. The molecule has 1 heterocycles. The average Bonchev–Trinajstić information content (AvgIpc) is 2.64. The first kappa shape index (κ1) is 20.5. The van der Waals surface area contributed by atoms with Crippen LogP contribution in [0.4, 0.5) is 32.3 Å². The summed E-state index contributed by atoms with van der Waals surface area (Å²) in [7, 11) is 2.69. The molecule has 2 N–H and O–H groups in total. The van der Waals surface area contributed by atoms with E-state index in [1.54, 1.807) is 0 Å². The van der Waals surface area contributed by atoms with Crippen LogP contribution in [0, 0.1) is 0 Å². The molecule has 3 aromatic rings. The molecule has 5 nitrogen and oxygen atoms in total. The van der Waals surface area contributed by atoms with Crippen LogP contribution >= 0.6 is 0 Å². The number of anilines is 1. The topological polar surface area (TPSA) is 70.3 Å². The summed E-state index contributed by atoms with van der Waals surface area (Å²) in [6.07, 6.45) is -9.99. The van der Waals surface area contributed by atoms with Crippen LogP contribution in [0.1, 0.15) is 11.1 Å². The van der Waals surface area contributed by atoms with Crippen LogP contribution in [0.3, 0.4) is 0 Å². The quantitative estimate of drug-likeness (QED) is 0.612. The number of fused-ring (bicyclic) bond motifs is 1. The van der Waals surface area contributed by atoms with Crippen molar-refractivity contribution >= 4 is 16.9 Å². The second kappa shape index (κ2) is 6.98. The molecule has 0 aliphatic rings. The second-order valence-electron chi connectivity index (χ2n) is 5.95. The SMILES string of the molecule is COc1cc2nc(N)nc(-c3cc(C(F)(F)F)cc(C(F)(F)F)c3)c2cc1OC. The Bertz CT molecular complexity index is 1050. The van der Waals surface area contributed by atoms with Crippen LogP contribution in [0.25, 0.3) is 22.2 Å². The van der Waals surface area contributed by atoms with Gasteiger partial charge in [-0.1, -0.05) is 0 Å². The van der Waals surface area contributed by atoms with Gasteiger partial charge in [0.15, 0.2) is 11.5 Å². The summed E-state index contributed by atoms with van der Waals surface area (Å²) >= 11 is 0. The Hall–Kier alpha value is -3.24. The van der Waals surface area contributed by atoms with E-state index in [-0.39, 0.29) is 40.1 Å². The van der Waals surface area contributed by atoms with Crippen LogP contribution in [0.2, 0.25) is 0 Å². The number of hydrogen-bond acceptors (Lipinski definition) is 5. The van der Waals surface area contributed by atoms with Crippen molar-refractivity contribution in [3.05, 3.63) is 41.5 Å². The molecule has 0 bridgehead atoms. The van der Waals surface area contributed by atoms with Crippen molar-refractivity contribution in [3.8, 4) is 22.8 Å². The van der Waals surface area contributed by atoms with Crippen molar-refractivity contribution in [1.29, 1.82) is 0 Å². The number of hydrogen-bond donors (Lipinski definition) is 1. The number of nitrogen functional groups attached to an aromatic ring is 1. The number of halogens is 6. The third kappa shape index (κ3) is 3.98. The Balaban J connectivity index is 2.38. The monoisotopic (exact) mass is 417 g/mol. The van der Waals surface area contributed by atoms with Crippen molar-refractivity contribution in [2.75, 3.05) is 20.0 Å². The zero-order chi connectivity index (χ0) is 21.6. The maximum absolute atomic E-state index is 13.2. The maximum atomic E-state index is 13.2. The van der Waals surface area contributed by atoms with Gasteiger partial charge in [-0.3, -0.25) is 0 Å². The maximum Gasteiger partial charge on any atom is 0.416 e. The molecule has 1 aromatic heterocycles. The van der Waals surface area contributed by atoms with Gasteiger partial charge in [0.25, 0.3) is 0 Å². The van der Waals surface area contributed by atoms with E-state index in [1.807, 2.05) is 0 Å². The predicted octanol–water partition coefficient (Wildman–Crippen LogP) is 4.93. The van der Waals surface area contributed by atoms with E-state index in [0.717, 1.165) is 0 Å². The Morgan fingerprint density at radius 2 is 1.28 bits per heavy atom. The van der Waals surface area contributed by atoms with E-state index in [2.05, 4.69) is 9.97 Å². The van der Waals surface area contributed by atoms with Crippen molar-refractivity contribution in [1.82, 2.24) is 9.97 Å². The second-order valence-corrected chi connectivity index (χ2v) is 5.95. The number of nitrogens with two attached hydrogens (primary N) is 1. The fourth-order valence-corrected chi connectivity index (χ4v) is 2.79. The van der Waals surface area contributed by atoms with Gasteiger partial charge in [-0.2, -0.15) is 26.3 Å². The van der Waals surface area contributed by atoms with E-state index in [1.165, 1.54) is 26.4 Å². The first-order chi connectivity index (χ1) is 13.4. The summed E-state index contributed by atoms with van der Waals surface area (Å²) in [5.41, 5.74) is 2.25. The summed E-state index contributed by atoms with van der Waals surface area (Å²) in [5.74, 6) is 0.118. The molecule has 0 saturated carbocycles. The Kier molecular flexibility index (Phi) is 4.93. The predicted molar refractivity (Wildman–Crippen MR) is 92.5 cm³/mol. The molecule has 0 spiro atoms. The third-order valence-electron chi connectivity index (χ3n) is 4.08. The minimum atomic E-state index is -4.99. The molecule has 0 fully saturated rings. The van der Waals surface area contributed by atoms with E-state index in [0.29, 0.717) is 12.1 Å². The standard InChI is InChI=1S/C18H13F6N3O2/c1-28-13-6-11-12(7-14(13)29-2)26-16(25)27-15(11)8-3-9(17(19,20)21)5-10(4-8)18(22,23)24/h3-7H,1-2H3,(H2,25,26,27). The van der Waals surface area contributed by atoms with Gasteiger partial charge in [-0.15, -0.1) is 0 Å². The number of aromatic nitrogens is 2. The molecule has 0 saturated heterocycles. The van der Waals surface area contributed by atoms with Crippen molar-refractivity contribution in [2.45, 2.75) is 12.4 Å². The van der Waals surface area contributed by atoms with Crippen LogP contribution in [0.15, 0.2) is 30.3 Å². The molecule has 0 amide bonds. The highest BCUT2D eigenvalue weighted by Crippen LogP contribution is 2.41. The normalized spacial score (nSPS) is 12.3. The van der Waals surface area contributed by atoms with Crippen molar-refractivity contribution in [3.63, 3.8) is 0 Å². The largest absolute Gasteiger partial charge is 0.493 e. The fourth-order valence-electron chi connectivity index (χ4n) is 2.79. The summed E-state index contributed by atoms with van der Waals surface area (Å²) in [5, 5.41) is 0.143. The lowest BCUT2D eigenvalue weighted by molar-refractivity contribution is -0.143. The smallest absolute Gasteiger partial charge is 0.416 e. The van der Waals surface area contributed by atoms with Crippen LogP contribution < -0.4 is 15.2 Å². The highest BCUT2D eigenvalue weighted by atomic mass is 19.4. The van der Waals surface area contributed by atoms with Crippen LogP contribution in [0.5, 0.6) is 11.5 Å².